The standard InChI is InChI=1S/C16H17N5O5S/c1-20(27(23,24)25)16-11(22)7-12(26-16)21-9-19-14-13(17-8-18-15(14)21)10-5-3-2-4-6-10/h2-6,8-9,11-12,16,22H,7H2,1H3,(H,23,24,25)/t11-,12+,16+/m0/s1. The van der Waals surface area contributed by atoms with E-state index in [0.717, 1.165) is 12.6 Å². The molecule has 0 amide bonds. The lowest BCUT2D eigenvalue weighted by molar-refractivity contribution is -0.0686. The molecule has 0 unspecified atom stereocenters. The largest absolute Gasteiger partial charge is 0.389 e. The lowest BCUT2D eigenvalue weighted by Crippen LogP contribution is -2.42. The van der Waals surface area contributed by atoms with Gasteiger partial charge in [-0.2, -0.15) is 12.7 Å². The summed E-state index contributed by atoms with van der Waals surface area (Å²) in [6.45, 7) is 0. The van der Waals surface area contributed by atoms with Gasteiger partial charge < -0.3 is 9.84 Å². The molecule has 1 aliphatic rings. The fraction of sp³-hybridized carbons (Fsp3) is 0.312. The smallest absolute Gasteiger partial charge is 0.337 e. The van der Waals surface area contributed by atoms with E-state index in [1.165, 1.54) is 12.7 Å². The van der Waals surface area contributed by atoms with Crippen molar-refractivity contribution in [2.75, 3.05) is 7.05 Å². The number of fused-ring (bicyclic) bond motifs is 1. The van der Waals surface area contributed by atoms with E-state index in [1.807, 2.05) is 30.3 Å². The molecule has 3 atom stereocenters. The van der Waals surface area contributed by atoms with Gasteiger partial charge in [-0.25, -0.2) is 15.0 Å². The Hall–Kier alpha value is -2.44. The number of aromatic nitrogens is 4. The topological polar surface area (TPSA) is 131 Å². The molecule has 10 nitrogen and oxygen atoms in total. The maximum atomic E-state index is 11.3. The lowest BCUT2D eigenvalue weighted by atomic mass is 10.1. The first-order valence-corrected chi connectivity index (χ1v) is 9.53. The number of likely N-dealkylation sites (N-methyl/N-ethyl adjacent to an activating group) is 1. The summed E-state index contributed by atoms with van der Waals surface area (Å²) in [7, 11) is -3.37. The highest BCUT2D eigenvalue weighted by Gasteiger charge is 2.41. The van der Waals surface area contributed by atoms with Gasteiger partial charge in [-0.05, 0) is 0 Å². The average Bonchev–Trinajstić information content (AvgIpc) is 3.24. The van der Waals surface area contributed by atoms with E-state index in [1.54, 1.807) is 4.57 Å². The molecule has 142 valence electrons. The molecule has 3 aromatic rings. The predicted molar refractivity (Wildman–Crippen MR) is 94.6 cm³/mol. The van der Waals surface area contributed by atoms with E-state index >= 15 is 0 Å². The zero-order chi connectivity index (χ0) is 19.2. The SMILES string of the molecule is CN([C@@H]1O[C@@H](n2cnc3c(-c4ccccc4)ncnc32)C[C@@H]1O)S(=O)(=O)O. The Morgan fingerprint density at radius 3 is 2.67 bits per heavy atom. The van der Waals surface area contributed by atoms with E-state index in [9.17, 15) is 18.1 Å². The number of nitrogens with zero attached hydrogens (tertiary/aromatic N) is 5. The molecule has 0 radical (unpaired) electrons. The summed E-state index contributed by atoms with van der Waals surface area (Å²) in [5, 5.41) is 10.2. The van der Waals surface area contributed by atoms with Crippen molar-refractivity contribution in [2.24, 2.45) is 0 Å². The second-order valence-electron chi connectivity index (χ2n) is 6.19. The first-order valence-electron chi connectivity index (χ1n) is 8.13. The molecular weight excluding hydrogens is 374 g/mol. The molecule has 3 heterocycles. The molecule has 0 saturated carbocycles. The van der Waals surface area contributed by atoms with Crippen LogP contribution in [0.2, 0.25) is 0 Å². The Morgan fingerprint density at radius 2 is 1.96 bits per heavy atom. The molecule has 27 heavy (non-hydrogen) atoms. The third-order valence-electron chi connectivity index (χ3n) is 4.51. The molecule has 0 bridgehead atoms. The van der Waals surface area contributed by atoms with Crippen LogP contribution in [0.15, 0.2) is 43.0 Å². The third kappa shape index (κ3) is 3.19. The minimum absolute atomic E-state index is 0.112. The molecule has 2 N–H and O–H groups in total. The van der Waals surface area contributed by atoms with Crippen LogP contribution in [0.1, 0.15) is 12.6 Å². The molecule has 0 aliphatic carbocycles. The van der Waals surface area contributed by atoms with E-state index in [4.69, 9.17) is 4.74 Å². The van der Waals surface area contributed by atoms with Gasteiger partial charge in [0, 0.05) is 19.0 Å². The maximum absolute atomic E-state index is 11.3. The number of aliphatic hydroxyl groups is 1. The van der Waals surface area contributed by atoms with Crippen LogP contribution in [0, 0.1) is 0 Å². The fourth-order valence-corrected chi connectivity index (χ4v) is 3.59. The second kappa shape index (κ2) is 6.62. The van der Waals surface area contributed by atoms with E-state index < -0.39 is 28.9 Å². The van der Waals surface area contributed by atoms with Gasteiger partial charge in [-0.3, -0.25) is 9.12 Å². The van der Waals surface area contributed by atoms with Crippen LogP contribution in [0.5, 0.6) is 0 Å². The Morgan fingerprint density at radius 1 is 1.22 bits per heavy atom. The highest BCUT2D eigenvalue weighted by Crippen LogP contribution is 2.34. The Labute approximate surface area is 154 Å². The molecule has 1 aliphatic heterocycles. The van der Waals surface area contributed by atoms with E-state index in [0.29, 0.717) is 21.2 Å². The van der Waals surface area contributed by atoms with Crippen LogP contribution in [0.25, 0.3) is 22.4 Å². The quantitative estimate of drug-likeness (QED) is 0.626. The number of hydrogen-bond acceptors (Lipinski definition) is 7. The average molecular weight is 391 g/mol. The second-order valence-corrected chi connectivity index (χ2v) is 7.66. The Bertz CT molecular complexity index is 1070. The Kier molecular flexibility index (Phi) is 4.40. The van der Waals surface area contributed by atoms with E-state index in [2.05, 4.69) is 15.0 Å². The monoisotopic (exact) mass is 391 g/mol. The van der Waals surface area contributed by atoms with Crippen molar-refractivity contribution in [3.63, 3.8) is 0 Å². The zero-order valence-electron chi connectivity index (χ0n) is 14.2. The van der Waals surface area contributed by atoms with Crippen molar-refractivity contribution >= 4 is 21.5 Å². The summed E-state index contributed by atoms with van der Waals surface area (Å²) in [6, 6.07) is 9.51. The number of hydrogen-bond donors (Lipinski definition) is 2. The number of imidazole rings is 1. The van der Waals surface area contributed by atoms with Gasteiger partial charge in [0.1, 0.15) is 23.8 Å². The lowest BCUT2D eigenvalue weighted by Gasteiger charge is -2.23. The molecule has 11 heteroatoms. The minimum atomic E-state index is -4.50. The summed E-state index contributed by atoms with van der Waals surface area (Å²) >= 11 is 0. The van der Waals surface area contributed by atoms with Gasteiger partial charge >= 0.3 is 10.3 Å². The normalized spacial score (nSPS) is 23.3. The number of ether oxygens (including phenoxy) is 1. The van der Waals surface area contributed by atoms with Crippen molar-refractivity contribution in [1.82, 2.24) is 23.8 Å². The van der Waals surface area contributed by atoms with Crippen LogP contribution in [0.3, 0.4) is 0 Å². The summed E-state index contributed by atoms with van der Waals surface area (Å²) < 4.78 is 39.7. The van der Waals surface area contributed by atoms with Crippen molar-refractivity contribution < 1.29 is 22.8 Å². The number of benzene rings is 1. The highest BCUT2D eigenvalue weighted by molar-refractivity contribution is 7.83. The molecular formula is C16H17N5O5S. The highest BCUT2D eigenvalue weighted by atomic mass is 32.2. The van der Waals surface area contributed by atoms with Crippen LogP contribution >= 0.6 is 0 Å². The first kappa shape index (κ1) is 17.9. The number of aliphatic hydroxyl groups excluding tert-OH is 1. The molecule has 1 fully saturated rings. The van der Waals surface area contributed by atoms with Gasteiger partial charge in [0.25, 0.3) is 0 Å². The van der Waals surface area contributed by atoms with Crippen molar-refractivity contribution in [3.8, 4) is 11.3 Å². The zero-order valence-corrected chi connectivity index (χ0v) is 15.1. The molecule has 1 saturated heterocycles. The van der Waals surface area contributed by atoms with E-state index in [-0.39, 0.29) is 6.42 Å². The van der Waals surface area contributed by atoms with Gasteiger partial charge in [-0.1, -0.05) is 30.3 Å². The predicted octanol–water partition coefficient (Wildman–Crippen LogP) is 0.834. The van der Waals surface area contributed by atoms with Crippen molar-refractivity contribution in [1.29, 1.82) is 0 Å². The molecule has 0 spiro atoms. The summed E-state index contributed by atoms with van der Waals surface area (Å²) in [4.78, 5) is 13.0. The van der Waals surface area contributed by atoms with Gasteiger partial charge in [0.05, 0.1) is 12.4 Å². The van der Waals surface area contributed by atoms with Gasteiger partial charge in [0.2, 0.25) is 0 Å². The van der Waals surface area contributed by atoms with Crippen LogP contribution in [-0.4, -0.2) is 61.3 Å². The minimum Gasteiger partial charge on any atom is -0.389 e. The van der Waals surface area contributed by atoms with Gasteiger partial charge in [-0.15, -0.1) is 0 Å². The van der Waals surface area contributed by atoms with Crippen LogP contribution in [0.4, 0.5) is 0 Å². The van der Waals surface area contributed by atoms with Crippen molar-refractivity contribution in [2.45, 2.75) is 25.0 Å². The summed E-state index contributed by atoms with van der Waals surface area (Å²) in [5.41, 5.74) is 2.60. The molecule has 1 aromatic carbocycles. The van der Waals surface area contributed by atoms with Crippen LogP contribution in [-0.2, 0) is 15.0 Å². The summed E-state index contributed by atoms with van der Waals surface area (Å²) in [5.74, 6) is 0. The van der Waals surface area contributed by atoms with Crippen LogP contribution < -0.4 is 0 Å². The molecule has 4 rings (SSSR count). The van der Waals surface area contributed by atoms with Crippen molar-refractivity contribution in [3.05, 3.63) is 43.0 Å². The first-order chi connectivity index (χ1) is 12.9. The molecule has 2 aromatic heterocycles. The number of rotatable bonds is 4. The maximum Gasteiger partial charge on any atom is 0.337 e. The third-order valence-corrected chi connectivity index (χ3v) is 5.44. The fourth-order valence-electron chi connectivity index (χ4n) is 3.14. The van der Waals surface area contributed by atoms with Gasteiger partial charge in [0.15, 0.2) is 11.9 Å². The Balaban J connectivity index is 1.70. The summed E-state index contributed by atoms with van der Waals surface area (Å²) in [6.07, 6.45) is 0.0146.